The number of nitrogens with zero attached hydrogens (tertiary/aromatic N) is 4. The quantitative estimate of drug-likeness (QED) is 0.436. The molecule has 9 nitrogen and oxygen atoms in total. The lowest BCUT2D eigenvalue weighted by atomic mass is 9.84. The number of halogens is 2. The Kier molecular flexibility index (Phi) is 9.06. The molecule has 0 bridgehead atoms. The van der Waals surface area contributed by atoms with E-state index in [2.05, 4.69) is 62.2 Å². The van der Waals surface area contributed by atoms with Crippen LogP contribution in [0.1, 0.15) is 33.6 Å². The van der Waals surface area contributed by atoms with E-state index in [4.69, 9.17) is 4.74 Å². The molecule has 0 aliphatic carbocycles. The number of nitrogens with one attached hydrogen (secondary N) is 2. The number of carboxylic acid groups (broad SMARTS) is 1. The van der Waals surface area contributed by atoms with Gasteiger partial charge in [0, 0.05) is 50.4 Å². The third-order valence-corrected chi connectivity index (χ3v) is 6.96. The van der Waals surface area contributed by atoms with Crippen molar-refractivity contribution in [1.29, 1.82) is 0 Å². The fourth-order valence-corrected chi connectivity index (χ4v) is 4.77. The van der Waals surface area contributed by atoms with Gasteiger partial charge in [0.2, 0.25) is 5.95 Å². The fraction of sp³-hybridized carbons (Fsp3) is 0.542. The van der Waals surface area contributed by atoms with Gasteiger partial charge in [0.15, 0.2) is 0 Å². The van der Waals surface area contributed by atoms with Crippen molar-refractivity contribution in [2.24, 2.45) is 5.41 Å². The maximum absolute atomic E-state index is 11.7. The van der Waals surface area contributed by atoms with Crippen LogP contribution in [0.3, 0.4) is 0 Å². The van der Waals surface area contributed by atoms with Crippen LogP contribution in [0.4, 0.5) is 27.9 Å². The van der Waals surface area contributed by atoms with Gasteiger partial charge >= 0.3 is 6.09 Å². The molecule has 2 unspecified atom stereocenters. The lowest BCUT2D eigenvalue weighted by Gasteiger charge is -2.46. The Morgan fingerprint density at radius 2 is 2.00 bits per heavy atom. The predicted octanol–water partition coefficient (Wildman–Crippen LogP) is 5.21. The van der Waals surface area contributed by atoms with Crippen LogP contribution in [-0.4, -0.2) is 71.0 Å². The van der Waals surface area contributed by atoms with Crippen molar-refractivity contribution >= 4 is 57.6 Å². The van der Waals surface area contributed by atoms with Gasteiger partial charge in [-0.1, -0.05) is 20.8 Å². The number of anilines is 4. The Morgan fingerprint density at radius 1 is 1.26 bits per heavy atom. The highest BCUT2D eigenvalue weighted by molar-refractivity contribution is 9.10. The zero-order valence-electron chi connectivity index (χ0n) is 20.3. The summed E-state index contributed by atoms with van der Waals surface area (Å²) in [7, 11) is 0. The molecule has 2 fully saturated rings. The highest BCUT2D eigenvalue weighted by atomic mass is 79.9. The molecule has 11 heteroatoms. The first kappa shape index (κ1) is 27.3. The topological polar surface area (TPSA) is 103 Å². The molecule has 2 aromatic rings. The average Bonchev–Trinajstić information content (AvgIpc) is 3.32. The minimum atomic E-state index is -0.849. The molecule has 35 heavy (non-hydrogen) atoms. The van der Waals surface area contributed by atoms with E-state index in [1.807, 2.05) is 24.3 Å². The zero-order valence-corrected chi connectivity index (χ0v) is 22.7. The van der Waals surface area contributed by atoms with Crippen molar-refractivity contribution in [2.75, 3.05) is 48.3 Å². The lowest BCUT2D eigenvalue weighted by Crippen LogP contribution is -2.59. The van der Waals surface area contributed by atoms with Gasteiger partial charge in [-0.2, -0.15) is 4.98 Å². The number of hydrogen-bond acceptors (Lipinski definition) is 7. The van der Waals surface area contributed by atoms with Gasteiger partial charge in [0.1, 0.15) is 5.82 Å². The minimum absolute atomic E-state index is 0. The molecule has 3 heterocycles. The van der Waals surface area contributed by atoms with Crippen molar-refractivity contribution < 1.29 is 14.6 Å². The number of piperazine rings is 1. The maximum Gasteiger partial charge on any atom is 0.407 e. The van der Waals surface area contributed by atoms with Gasteiger partial charge in [-0.05, 0) is 58.5 Å². The summed E-state index contributed by atoms with van der Waals surface area (Å²) < 4.78 is 6.48. The second-order valence-electron chi connectivity index (χ2n) is 9.88. The summed E-state index contributed by atoms with van der Waals surface area (Å²) in [5.41, 5.74) is 1.81. The van der Waals surface area contributed by atoms with Gasteiger partial charge in [0.25, 0.3) is 0 Å². The summed E-state index contributed by atoms with van der Waals surface area (Å²) in [6.07, 6.45) is 3.27. The Labute approximate surface area is 221 Å². The number of amides is 1. The van der Waals surface area contributed by atoms with Crippen molar-refractivity contribution in [2.45, 2.75) is 45.8 Å². The molecule has 0 saturated carbocycles. The van der Waals surface area contributed by atoms with Crippen molar-refractivity contribution in [1.82, 2.24) is 14.9 Å². The summed E-state index contributed by atoms with van der Waals surface area (Å²) in [6, 6.07) is 8.02. The van der Waals surface area contributed by atoms with E-state index in [0.717, 1.165) is 41.1 Å². The Balaban J connectivity index is 0.00000342. The van der Waals surface area contributed by atoms with Crippen LogP contribution in [0.15, 0.2) is 34.9 Å². The van der Waals surface area contributed by atoms with Gasteiger partial charge in [-0.25, -0.2) is 9.78 Å². The molecule has 0 radical (unpaired) electrons. The monoisotopic (exact) mass is 568 g/mol. The van der Waals surface area contributed by atoms with Crippen LogP contribution < -0.4 is 15.5 Å². The van der Waals surface area contributed by atoms with E-state index >= 15 is 0 Å². The number of hydrogen-bond donors (Lipinski definition) is 3. The molecule has 4 rings (SSSR count). The number of aromatic nitrogens is 2. The largest absolute Gasteiger partial charge is 0.465 e. The second-order valence-corrected chi connectivity index (χ2v) is 10.7. The summed E-state index contributed by atoms with van der Waals surface area (Å²) in [5.74, 6) is 1.24. The molecule has 1 aromatic heterocycles. The number of rotatable bonds is 6. The van der Waals surface area contributed by atoms with Crippen LogP contribution in [0.25, 0.3) is 0 Å². The molecule has 2 atom stereocenters. The van der Waals surface area contributed by atoms with Crippen molar-refractivity contribution in [3.8, 4) is 0 Å². The summed E-state index contributed by atoms with van der Waals surface area (Å²) >= 11 is 3.51. The first-order valence-electron chi connectivity index (χ1n) is 11.7. The van der Waals surface area contributed by atoms with E-state index < -0.39 is 6.09 Å². The minimum Gasteiger partial charge on any atom is -0.465 e. The SMILES string of the molecule is CC(C)(C)C1CN(c2ccc(Nc3ncc(Br)c(NCC4CCCO4)n3)cc2)CCN1C(=O)O.Cl. The van der Waals surface area contributed by atoms with Gasteiger partial charge in [0.05, 0.1) is 16.6 Å². The van der Waals surface area contributed by atoms with E-state index in [-0.39, 0.29) is 30.0 Å². The van der Waals surface area contributed by atoms with Crippen LogP contribution >= 0.6 is 28.3 Å². The first-order chi connectivity index (χ1) is 16.2. The van der Waals surface area contributed by atoms with Crippen molar-refractivity contribution in [3.05, 3.63) is 34.9 Å². The highest BCUT2D eigenvalue weighted by Gasteiger charge is 2.38. The molecule has 1 aromatic carbocycles. The van der Waals surface area contributed by atoms with E-state index in [9.17, 15) is 9.90 Å². The second kappa shape index (κ2) is 11.6. The fourth-order valence-electron chi connectivity index (χ4n) is 4.44. The Hall–Kier alpha value is -2.30. The van der Waals surface area contributed by atoms with Gasteiger partial charge in [-0.15, -0.1) is 12.4 Å². The predicted molar refractivity (Wildman–Crippen MR) is 144 cm³/mol. The number of ether oxygens (including phenoxy) is 1. The molecule has 1 amide bonds. The van der Waals surface area contributed by atoms with Gasteiger partial charge in [-0.3, -0.25) is 0 Å². The van der Waals surface area contributed by atoms with Gasteiger partial charge < -0.3 is 30.3 Å². The molecular weight excluding hydrogens is 536 g/mol. The van der Waals surface area contributed by atoms with Crippen LogP contribution in [0.5, 0.6) is 0 Å². The standard InChI is InChI=1S/C24H33BrN6O3.ClH/c1-24(2,3)20-15-30(10-11-31(20)23(32)33)17-8-6-16(7-9-17)28-22-27-14-19(25)21(29-22)26-13-18-5-4-12-34-18;/h6-9,14,18,20H,4-5,10-13,15H2,1-3H3,(H,32,33)(H2,26,27,28,29);1H. The normalized spacial score (nSPS) is 20.3. The Morgan fingerprint density at radius 3 is 2.63 bits per heavy atom. The molecule has 192 valence electrons. The summed E-state index contributed by atoms with van der Waals surface area (Å²) in [4.78, 5) is 24.5. The first-order valence-corrected chi connectivity index (χ1v) is 12.5. The number of carbonyl (C=O) groups is 1. The molecule has 2 aliphatic heterocycles. The van der Waals surface area contributed by atoms with Crippen molar-refractivity contribution in [3.63, 3.8) is 0 Å². The smallest absolute Gasteiger partial charge is 0.407 e. The van der Waals surface area contributed by atoms with Crippen LogP contribution in [-0.2, 0) is 4.74 Å². The molecular formula is C24H34BrClN6O3. The lowest BCUT2D eigenvalue weighted by molar-refractivity contribution is 0.0748. The van der Waals surface area contributed by atoms with E-state index in [1.165, 1.54) is 0 Å². The molecule has 0 spiro atoms. The molecule has 2 aliphatic rings. The summed E-state index contributed by atoms with van der Waals surface area (Å²) in [6.45, 7) is 9.64. The zero-order chi connectivity index (χ0) is 24.3. The average molecular weight is 570 g/mol. The molecule has 2 saturated heterocycles. The number of benzene rings is 1. The van der Waals surface area contributed by atoms with E-state index in [1.54, 1.807) is 11.1 Å². The van der Waals surface area contributed by atoms with E-state index in [0.29, 0.717) is 32.1 Å². The molecule has 3 N–H and O–H groups in total. The van der Waals surface area contributed by atoms with Crippen LogP contribution in [0, 0.1) is 5.41 Å². The third-order valence-electron chi connectivity index (χ3n) is 6.38. The highest BCUT2D eigenvalue weighted by Crippen LogP contribution is 2.31. The Bertz CT molecular complexity index is 998. The maximum atomic E-state index is 11.7. The van der Waals surface area contributed by atoms with Crippen LogP contribution in [0.2, 0.25) is 0 Å². The summed E-state index contributed by atoms with van der Waals surface area (Å²) in [5, 5.41) is 16.2. The third kappa shape index (κ3) is 6.89.